The van der Waals surface area contributed by atoms with Crippen LogP contribution < -0.4 is 9.47 Å². The van der Waals surface area contributed by atoms with E-state index in [-0.39, 0.29) is 6.61 Å². The molecule has 2 atom stereocenters. The summed E-state index contributed by atoms with van der Waals surface area (Å²) in [6.45, 7) is 0.439. The second kappa shape index (κ2) is 5.90. The van der Waals surface area contributed by atoms with E-state index < -0.39 is 12.4 Å². The van der Waals surface area contributed by atoms with Crippen molar-refractivity contribution in [2.24, 2.45) is 0 Å². The standard InChI is InChI=1S/C13H16O6/c1-16-11-4-3-9-10(12(11)17-2)5-8(6-18-7-14)19-13(9)15/h3-4,7-8,13,15H,5-6H2,1-2H3/t8-,13?/m0/s1. The minimum Gasteiger partial charge on any atom is -0.493 e. The lowest BCUT2D eigenvalue weighted by Crippen LogP contribution is -2.30. The minimum absolute atomic E-state index is 0.0837. The van der Waals surface area contributed by atoms with Crippen LogP contribution >= 0.6 is 0 Å². The van der Waals surface area contributed by atoms with E-state index in [2.05, 4.69) is 4.74 Å². The van der Waals surface area contributed by atoms with Crippen LogP contribution in [0.5, 0.6) is 11.5 Å². The third kappa shape index (κ3) is 2.64. The van der Waals surface area contributed by atoms with Crippen molar-refractivity contribution in [3.05, 3.63) is 23.3 Å². The van der Waals surface area contributed by atoms with Gasteiger partial charge in [0.25, 0.3) is 6.47 Å². The van der Waals surface area contributed by atoms with E-state index in [1.54, 1.807) is 19.2 Å². The Morgan fingerprint density at radius 1 is 1.42 bits per heavy atom. The molecule has 6 heteroatoms. The van der Waals surface area contributed by atoms with Gasteiger partial charge in [-0.1, -0.05) is 0 Å². The van der Waals surface area contributed by atoms with Gasteiger partial charge in [0.15, 0.2) is 17.8 Å². The van der Waals surface area contributed by atoms with Crippen molar-refractivity contribution in [1.82, 2.24) is 0 Å². The van der Waals surface area contributed by atoms with Gasteiger partial charge < -0.3 is 24.1 Å². The Kier molecular flexibility index (Phi) is 4.24. The van der Waals surface area contributed by atoms with Crippen LogP contribution in [0.1, 0.15) is 17.4 Å². The van der Waals surface area contributed by atoms with Crippen LogP contribution in [0.15, 0.2) is 12.1 Å². The molecule has 19 heavy (non-hydrogen) atoms. The van der Waals surface area contributed by atoms with Crippen molar-refractivity contribution in [3.63, 3.8) is 0 Å². The van der Waals surface area contributed by atoms with Gasteiger partial charge in [-0.15, -0.1) is 0 Å². The highest BCUT2D eigenvalue weighted by Crippen LogP contribution is 2.40. The summed E-state index contributed by atoms with van der Waals surface area (Å²) in [6, 6.07) is 3.45. The molecule has 0 aromatic heterocycles. The maximum atomic E-state index is 10.2. The summed E-state index contributed by atoms with van der Waals surface area (Å²) in [5.41, 5.74) is 1.44. The Balaban J connectivity index is 2.34. The van der Waals surface area contributed by atoms with Crippen LogP contribution in [0.3, 0.4) is 0 Å². The summed E-state index contributed by atoms with van der Waals surface area (Å²) in [4.78, 5) is 10.2. The van der Waals surface area contributed by atoms with E-state index >= 15 is 0 Å². The molecule has 6 nitrogen and oxygen atoms in total. The summed E-state index contributed by atoms with van der Waals surface area (Å²) >= 11 is 0. The number of carbonyl (C=O) groups excluding carboxylic acids is 1. The Hall–Kier alpha value is -1.79. The number of benzene rings is 1. The van der Waals surface area contributed by atoms with Crippen molar-refractivity contribution < 1.29 is 28.8 Å². The van der Waals surface area contributed by atoms with Crippen LogP contribution in [-0.4, -0.2) is 38.5 Å². The smallest absolute Gasteiger partial charge is 0.293 e. The molecule has 0 saturated carbocycles. The first-order valence-corrected chi connectivity index (χ1v) is 5.83. The lowest BCUT2D eigenvalue weighted by molar-refractivity contribution is -0.168. The quantitative estimate of drug-likeness (QED) is 0.796. The molecule has 1 N–H and O–H groups in total. The zero-order valence-corrected chi connectivity index (χ0v) is 10.8. The fraction of sp³-hybridized carbons (Fsp3) is 0.462. The average Bonchev–Trinajstić information content (AvgIpc) is 2.43. The van der Waals surface area contributed by atoms with Crippen LogP contribution in [0.2, 0.25) is 0 Å². The zero-order valence-electron chi connectivity index (χ0n) is 10.8. The van der Waals surface area contributed by atoms with Gasteiger partial charge in [-0.25, -0.2) is 0 Å². The maximum Gasteiger partial charge on any atom is 0.293 e. The van der Waals surface area contributed by atoms with Crippen LogP contribution in [0.25, 0.3) is 0 Å². The van der Waals surface area contributed by atoms with Gasteiger partial charge in [-0.2, -0.15) is 0 Å². The predicted molar refractivity (Wildman–Crippen MR) is 65.1 cm³/mol. The van der Waals surface area contributed by atoms with Gasteiger partial charge in [-0.3, -0.25) is 4.79 Å². The fourth-order valence-corrected chi connectivity index (χ4v) is 2.22. The second-order valence-electron chi connectivity index (χ2n) is 4.11. The lowest BCUT2D eigenvalue weighted by atomic mass is 9.96. The first-order valence-electron chi connectivity index (χ1n) is 5.83. The van der Waals surface area contributed by atoms with Crippen molar-refractivity contribution in [1.29, 1.82) is 0 Å². The van der Waals surface area contributed by atoms with E-state index in [1.165, 1.54) is 7.11 Å². The molecular weight excluding hydrogens is 252 g/mol. The summed E-state index contributed by atoms with van der Waals surface area (Å²) in [5, 5.41) is 9.95. The molecule has 1 aliphatic rings. The molecule has 1 unspecified atom stereocenters. The molecule has 0 aliphatic carbocycles. The van der Waals surface area contributed by atoms with E-state index in [1.807, 2.05) is 0 Å². The number of fused-ring (bicyclic) bond motifs is 1. The third-order valence-electron chi connectivity index (χ3n) is 3.05. The van der Waals surface area contributed by atoms with E-state index in [4.69, 9.17) is 14.2 Å². The van der Waals surface area contributed by atoms with Crippen molar-refractivity contribution in [2.45, 2.75) is 18.8 Å². The molecular formula is C13H16O6. The topological polar surface area (TPSA) is 74.2 Å². The number of rotatable bonds is 5. The summed E-state index contributed by atoms with van der Waals surface area (Å²) in [6.07, 6.45) is -1.00. The van der Waals surface area contributed by atoms with Crippen LogP contribution in [0, 0.1) is 0 Å². The van der Waals surface area contributed by atoms with E-state index in [0.29, 0.717) is 30.0 Å². The molecule has 0 bridgehead atoms. The number of ether oxygens (including phenoxy) is 4. The van der Waals surface area contributed by atoms with Crippen molar-refractivity contribution in [3.8, 4) is 11.5 Å². The van der Waals surface area contributed by atoms with E-state index in [9.17, 15) is 9.90 Å². The number of hydrogen-bond acceptors (Lipinski definition) is 6. The molecule has 1 aliphatic heterocycles. The second-order valence-corrected chi connectivity index (χ2v) is 4.11. The molecule has 0 saturated heterocycles. The zero-order chi connectivity index (χ0) is 13.8. The molecule has 0 amide bonds. The molecule has 1 aromatic rings. The molecule has 0 radical (unpaired) electrons. The molecule has 1 aromatic carbocycles. The van der Waals surface area contributed by atoms with Gasteiger partial charge in [0.2, 0.25) is 0 Å². The number of carbonyl (C=O) groups is 1. The highest BCUT2D eigenvalue weighted by Gasteiger charge is 2.30. The molecule has 104 valence electrons. The lowest BCUT2D eigenvalue weighted by Gasteiger charge is -2.30. The SMILES string of the molecule is COc1ccc2c(c1OC)C[C@@H](COC=O)OC2O. The number of aliphatic hydroxyl groups excluding tert-OH is 1. The molecule has 2 rings (SSSR count). The van der Waals surface area contributed by atoms with Gasteiger partial charge in [0, 0.05) is 17.5 Å². The molecule has 0 spiro atoms. The Bertz CT molecular complexity index is 459. The van der Waals surface area contributed by atoms with Gasteiger partial charge in [-0.05, 0) is 12.1 Å². The average molecular weight is 268 g/mol. The Morgan fingerprint density at radius 3 is 2.84 bits per heavy atom. The van der Waals surface area contributed by atoms with Crippen LogP contribution in [-0.2, 0) is 20.7 Å². The van der Waals surface area contributed by atoms with Crippen molar-refractivity contribution >= 4 is 6.47 Å². The normalized spacial score (nSPS) is 21.4. The summed E-state index contributed by atoms with van der Waals surface area (Å²) in [5.74, 6) is 1.16. The molecule has 0 fully saturated rings. The number of aliphatic hydroxyl groups is 1. The Labute approximate surface area is 110 Å². The van der Waals surface area contributed by atoms with Gasteiger partial charge >= 0.3 is 0 Å². The molecule has 1 heterocycles. The minimum atomic E-state index is -1.07. The monoisotopic (exact) mass is 268 g/mol. The van der Waals surface area contributed by atoms with Gasteiger partial charge in [0.1, 0.15) is 6.61 Å². The number of methoxy groups -OCH3 is 2. The fourth-order valence-electron chi connectivity index (χ4n) is 2.22. The largest absolute Gasteiger partial charge is 0.493 e. The Morgan fingerprint density at radius 2 is 2.21 bits per heavy atom. The van der Waals surface area contributed by atoms with Gasteiger partial charge in [0.05, 0.1) is 20.3 Å². The highest BCUT2D eigenvalue weighted by atomic mass is 16.6. The highest BCUT2D eigenvalue weighted by molar-refractivity contribution is 5.52. The summed E-state index contributed by atoms with van der Waals surface area (Å²) < 4.78 is 20.6. The maximum absolute atomic E-state index is 10.2. The van der Waals surface area contributed by atoms with Crippen molar-refractivity contribution in [2.75, 3.05) is 20.8 Å². The van der Waals surface area contributed by atoms with Crippen LogP contribution in [0.4, 0.5) is 0 Å². The first kappa shape index (κ1) is 13.6. The first-order chi connectivity index (χ1) is 9.21. The summed E-state index contributed by atoms with van der Waals surface area (Å²) in [7, 11) is 3.09. The third-order valence-corrected chi connectivity index (χ3v) is 3.05. The number of hydrogen-bond donors (Lipinski definition) is 1. The predicted octanol–water partition coefficient (Wildman–Crippen LogP) is 0.809. The van der Waals surface area contributed by atoms with E-state index in [0.717, 1.165) is 5.56 Å².